The minimum absolute atomic E-state index is 0.432. The highest BCUT2D eigenvalue weighted by atomic mass is 19.1. The number of ether oxygens (including phenoxy) is 1. The van der Waals surface area contributed by atoms with Crippen molar-refractivity contribution >= 4 is 0 Å². The van der Waals surface area contributed by atoms with E-state index < -0.39 is 24.2 Å². The summed E-state index contributed by atoms with van der Waals surface area (Å²) in [6, 6.07) is 10.5. The van der Waals surface area contributed by atoms with Gasteiger partial charge in [0, 0.05) is 0 Å². The van der Waals surface area contributed by atoms with E-state index in [0.717, 1.165) is 23.3 Å². The molecule has 0 bridgehead atoms. The van der Waals surface area contributed by atoms with Crippen molar-refractivity contribution in [1.82, 2.24) is 0 Å². The molecule has 0 radical (unpaired) electrons. The maximum atomic E-state index is 14.1. The molecule has 2 fully saturated rings. The van der Waals surface area contributed by atoms with Crippen molar-refractivity contribution < 1.29 is 17.9 Å². The Balaban J connectivity index is 1.28. The summed E-state index contributed by atoms with van der Waals surface area (Å²) in [6.45, 7) is 1.03. The van der Waals surface area contributed by atoms with E-state index >= 15 is 0 Å². The molecule has 0 aromatic heterocycles. The lowest BCUT2D eigenvalue weighted by atomic mass is 9.68. The summed E-state index contributed by atoms with van der Waals surface area (Å²) in [5.41, 5.74) is 2.50. The smallest absolute Gasteiger partial charge is 0.228 e. The molecule has 4 rings (SSSR count). The second-order valence-electron chi connectivity index (χ2n) is 10.5. The summed E-state index contributed by atoms with van der Waals surface area (Å²) in [4.78, 5) is 0. The van der Waals surface area contributed by atoms with E-state index in [1.807, 2.05) is 12.1 Å². The first kappa shape index (κ1) is 25.1. The molecule has 0 heterocycles. The van der Waals surface area contributed by atoms with E-state index in [-0.39, 0.29) is 0 Å². The molecule has 0 N–H and O–H groups in total. The average molecular weight is 473 g/mol. The maximum Gasteiger partial charge on any atom is 0.228 e. The first-order valence-electron chi connectivity index (χ1n) is 13.4. The number of benzene rings is 2. The Bertz CT molecular complexity index is 871. The van der Waals surface area contributed by atoms with Gasteiger partial charge in [-0.05, 0) is 91.0 Å². The van der Waals surface area contributed by atoms with Crippen molar-refractivity contribution in [2.75, 3.05) is 6.86 Å². The van der Waals surface area contributed by atoms with E-state index in [2.05, 4.69) is 23.8 Å². The van der Waals surface area contributed by atoms with Crippen LogP contribution in [0.5, 0.6) is 5.75 Å². The SMILES string of the molecule is CCCCCC1CCC(C2CCC(c3ccc(-c4cc(F)c(OCF)c(F)c4)cc3)CC2)CC1. The zero-order chi connectivity index (χ0) is 23.9. The Morgan fingerprint density at radius 2 is 1.35 bits per heavy atom. The highest BCUT2D eigenvalue weighted by molar-refractivity contribution is 5.65. The van der Waals surface area contributed by atoms with Gasteiger partial charge in [-0.25, -0.2) is 13.2 Å². The summed E-state index contributed by atoms with van der Waals surface area (Å²) < 4.78 is 44.9. The van der Waals surface area contributed by atoms with Crippen LogP contribution in [0.25, 0.3) is 11.1 Å². The number of alkyl halides is 1. The molecular formula is C30H39F3O. The Kier molecular flexibility index (Phi) is 8.97. The Morgan fingerprint density at radius 1 is 0.765 bits per heavy atom. The van der Waals surface area contributed by atoms with Gasteiger partial charge in [0.1, 0.15) is 0 Å². The zero-order valence-electron chi connectivity index (χ0n) is 20.5. The van der Waals surface area contributed by atoms with Gasteiger partial charge in [0.05, 0.1) is 0 Å². The van der Waals surface area contributed by atoms with Crippen LogP contribution < -0.4 is 4.74 Å². The predicted molar refractivity (Wildman–Crippen MR) is 133 cm³/mol. The fourth-order valence-corrected chi connectivity index (χ4v) is 6.42. The third-order valence-corrected chi connectivity index (χ3v) is 8.46. The summed E-state index contributed by atoms with van der Waals surface area (Å²) in [6.07, 6.45) is 16.4. The van der Waals surface area contributed by atoms with Gasteiger partial charge >= 0.3 is 0 Å². The normalized spacial score (nSPS) is 25.3. The van der Waals surface area contributed by atoms with E-state index in [9.17, 15) is 13.2 Å². The van der Waals surface area contributed by atoms with E-state index in [4.69, 9.17) is 0 Å². The van der Waals surface area contributed by atoms with Crippen LogP contribution in [0.1, 0.15) is 95.5 Å². The highest BCUT2D eigenvalue weighted by Crippen LogP contribution is 2.44. The van der Waals surface area contributed by atoms with Crippen molar-refractivity contribution in [2.45, 2.75) is 89.9 Å². The minimum atomic E-state index is -1.26. The van der Waals surface area contributed by atoms with Gasteiger partial charge in [-0.15, -0.1) is 0 Å². The molecule has 0 aliphatic heterocycles. The molecule has 2 aromatic rings. The number of hydrogen-bond acceptors (Lipinski definition) is 1. The molecule has 0 spiro atoms. The van der Waals surface area contributed by atoms with Gasteiger partial charge in [-0.2, -0.15) is 0 Å². The molecule has 0 amide bonds. The van der Waals surface area contributed by atoms with E-state index in [1.165, 1.54) is 94.7 Å². The van der Waals surface area contributed by atoms with Crippen molar-refractivity contribution in [1.29, 1.82) is 0 Å². The van der Waals surface area contributed by atoms with Gasteiger partial charge in [0.15, 0.2) is 17.4 Å². The maximum absolute atomic E-state index is 14.1. The second kappa shape index (κ2) is 12.1. The quantitative estimate of drug-likeness (QED) is 0.330. The first-order valence-corrected chi connectivity index (χ1v) is 13.4. The van der Waals surface area contributed by atoms with Gasteiger partial charge < -0.3 is 4.74 Å². The van der Waals surface area contributed by atoms with E-state index in [0.29, 0.717) is 11.5 Å². The van der Waals surface area contributed by atoms with Crippen molar-refractivity contribution in [3.05, 3.63) is 53.6 Å². The third kappa shape index (κ3) is 6.17. The standard InChI is InChI=1S/C30H39F3O/c1-2-3-4-5-21-6-8-22(9-7-21)23-10-12-24(13-11-23)25-14-16-26(17-15-25)27-18-28(32)30(34-20-31)29(33)19-27/h14-19,21-24H,2-13,20H2,1H3. The Labute approximate surface area is 203 Å². The lowest BCUT2D eigenvalue weighted by Crippen LogP contribution is -2.25. The lowest BCUT2D eigenvalue weighted by molar-refractivity contribution is 0.155. The van der Waals surface area contributed by atoms with Crippen LogP contribution in [-0.4, -0.2) is 6.86 Å². The largest absolute Gasteiger partial charge is 0.457 e. The highest BCUT2D eigenvalue weighted by Gasteiger charge is 2.31. The van der Waals surface area contributed by atoms with Crippen molar-refractivity contribution in [3.63, 3.8) is 0 Å². The predicted octanol–water partition coefficient (Wildman–Crippen LogP) is 9.60. The van der Waals surface area contributed by atoms with Crippen LogP contribution in [-0.2, 0) is 0 Å². The van der Waals surface area contributed by atoms with Crippen LogP contribution >= 0.6 is 0 Å². The monoisotopic (exact) mass is 472 g/mol. The van der Waals surface area contributed by atoms with Gasteiger partial charge in [-0.3, -0.25) is 0 Å². The van der Waals surface area contributed by atoms with Crippen LogP contribution in [0.2, 0.25) is 0 Å². The molecule has 2 aliphatic carbocycles. The van der Waals surface area contributed by atoms with Crippen LogP contribution in [0.3, 0.4) is 0 Å². The minimum Gasteiger partial charge on any atom is -0.457 e. The molecule has 1 nitrogen and oxygen atoms in total. The Morgan fingerprint density at radius 3 is 1.91 bits per heavy atom. The summed E-state index contributed by atoms with van der Waals surface area (Å²) >= 11 is 0. The number of halogens is 3. The van der Waals surface area contributed by atoms with Crippen LogP contribution in [0, 0.1) is 29.4 Å². The summed E-state index contributed by atoms with van der Waals surface area (Å²) in [5, 5.41) is 0. The topological polar surface area (TPSA) is 9.23 Å². The number of hydrogen-bond donors (Lipinski definition) is 0. The molecule has 34 heavy (non-hydrogen) atoms. The number of unbranched alkanes of at least 4 members (excludes halogenated alkanes) is 2. The lowest BCUT2D eigenvalue weighted by Gasteiger charge is -2.38. The molecule has 2 aromatic carbocycles. The molecule has 2 aliphatic rings. The summed E-state index contributed by atoms with van der Waals surface area (Å²) in [7, 11) is 0. The molecule has 2 saturated carbocycles. The van der Waals surface area contributed by atoms with Gasteiger partial charge in [0.25, 0.3) is 0 Å². The summed E-state index contributed by atoms with van der Waals surface area (Å²) in [5.74, 6) is 0.944. The van der Waals surface area contributed by atoms with Gasteiger partial charge in [0.2, 0.25) is 6.86 Å². The number of rotatable bonds is 9. The second-order valence-corrected chi connectivity index (χ2v) is 10.5. The van der Waals surface area contributed by atoms with Gasteiger partial charge in [-0.1, -0.05) is 69.7 Å². The third-order valence-electron chi connectivity index (χ3n) is 8.46. The molecular weight excluding hydrogens is 433 g/mol. The van der Waals surface area contributed by atoms with Crippen LogP contribution in [0.15, 0.2) is 36.4 Å². The zero-order valence-corrected chi connectivity index (χ0v) is 20.5. The average Bonchev–Trinajstić information content (AvgIpc) is 2.87. The fourth-order valence-electron chi connectivity index (χ4n) is 6.42. The molecule has 4 heteroatoms. The van der Waals surface area contributed by atoms with E-state index in [1.54, 1.807) is 0 Å². The molecule has 186 valence electrons. The van der Waals surface area contributed by atoms with Crippen molar-refractivity contribution in [3.8, 4) is 16.9 Å². The first-order chi connectivity index (χ1) is 16.6. The molecule has 0 saturated heterocycles. The molecule has 0 atom stereocenters. The fraction of sp³-hybridized carbons (Fsp3) is 0.600. The molecule has 0 unspecified atom stereocenters. The van der Waals surface area contributed by atoms with Crippen LogP contribution in [0.4, 0.5) is 13.2 Å². The van der Waals surface area contributed by atoms with Crippen molar-refractivity contribution in [2.24, 2.45) is 17.8 Å². The Hall–Kier alpha value is -1.97.